The zero-order valence-corrected chi connectivity index (χ0v) is 11.8. The highest BCUT2D eigenvalue weighted by Crippen LogP contribution is 2.10. The van der Waals surface area contributed by atoms with Crippen LogP contribution in [0.25, 0.3) is 0 Å². The molecule has 0 fully saturated rings. The molecule has 2 rings (SSSR count). The molecule has 114 valence electrons. The summed E-state index contributed by atoms with van der Waals surface area (Å²) in [6.07, 6.45) is 2.56. The minimum absolute atomic E-state index is 0.231. The van der Waals surface area contributed by atoms with Crippen molar-refractivity contribution in [3.05, 3.63) is 54.0 Å². The molecular weight excluding hydrogens is 288 g/mol. The van der Waals surface area contributed by atoms with Crippen LogP contribution in [0.4, 0.5) is 5.69 Å². The van der Waals surface area contributed by atoms with Crippen LogP contribution in [0, 0.1) is 0 Å². The van der Waals surface area contributed by atoms with Gasteiger partial charge in [0.1, 0.15) is 6.26 Å². The first-order chi connectivity index (χ1) is 10.6. The van der Waals surface area contributed by atoms with Crippen molar-refractivity contribution in [3.8, 4) is 0 Å². The molecule has 0 aliphatic rings. The minimum atomic E-state index is -0.650. The summed E-state index contributed by atoms with van der Waals surface area (Å²) >= 11 is 0. The number of rotatable bonds is 5. The molecule has 1 heterocycles. The highest BCUT2D eigenvalue weighted by molar-refractivity contribution is 5.98. The Bertz CT molecular complexity index is 679. The molecule has 7 nitrogen and oxygen atoms in total. The molecule has 1 aromatic heterocycles. The van der Waals surface area contributed by atoms with Crippen LogP contribution in [0.15, 0.2) is 47.3 Å². The van der Waals surface area contributed by atoms with Crippen molar-refractivity contribution in [2.45, 2.75) is 0 Å². The SMILES string of the molecule is CNC(=O)c1cccc(NC(=O)COC(=O)c2ccoc2)c1. The van der Waals surface area contributed by atoms with Gasteiger partial charge in [-0.15, -0.1) is 0 Å². The summed E-state index contributed by atoms with van der Waals surface area (Å²) in [5.74, 6) is -1.42. The van der Waals surface area contributed by atoms with Crippen molar-refractivity contribution in [1.29, 1.82) is 0 Å². The predicted molar refractivity (Wildman–Crippen MR) is 77.5 cm³/mol. The highest BCUT2D eigenvalue weighted by atomic mass is 16.5. The Labute approximate surface area is 126 Å². The van der Waals surface area contributed by atoms with Crippen LogP contribution < -0.4 is 10.6 Å². The van der Waals surface area contributed by atoms with Gasteiger partial charge in [-0.3, -0.25) is 9.59 Å². The van der Waals surface area contributed by atoms with Gasteiger partial charge in [0.15, 0.2) is 6.61 Å². The number of furan rings is 1. The van der Waals surface area contributed by atoms with Crippen LogP contribution in [-0.2, 0) is 9.53 Å². The third kappa shape index (κ3) is 3.95. The van der Waals surface area contributed by atoms with Crippen LogP contribution in [-0.4, -0.2) is 31.4 Å². The molecular formula is C15H14N2O5. The summed E-state index contributed by atoms with van der Waals surface area (Å²) in [7, 11) is 1.52. The van der Waals surface area contributed by atoms with Crippen LogP contribution in [0.2, 0.25) is 0 Å². The molecule has 1 aromatic carbocycles. The maximum absolute atomic E-state index is 11.7. The quantitative estimate of drug-likeness (QED) is 0.814. The summed E-state index contributed by atoms with van der Waals surface area (Å²) in [5, 5.41) is 5.03. The van der Waals surface area contributed by atoms with E-state index in [-0.39, 0.29) is 11.5 Å². The van der Waals surface area contributed by atoms with Gasteiger partial charge in [-0.2, -0.15) is 0 Å². The van der Waals surface area contributed by atoms with E-state index < -0.39 is 18.5 Å². The van der Waals surface area contributed by atoms with E-state index in [4.69, 9.17) is 9.15 Å². The average Bonchev–Trinajstić information content (AvgIpc) is 3.06. The maximum Gasteiger partial charge on any atom is 0.341 e. The van der Waals surface area contributed by atoms with E-state index in [1.165, 1.54) is 31.7 Å². The monoisotopic (exact) mass is 302 g/mol. The molecule has 0 aliphatic carbocycles. The normalized spacial score (nSPS) is 9.86. The zero-order valence-electron chi connectivity index (χ0n) is 11.8. The minimum Gasteiger partial charge on any atom is -0.472 e. The summed E-state index contributed by atoms with van der Waals surface area (Å²) in [4.78, 5) is 34.8. The fourth-order valence-electron chi connectivity index (χ4n) is 1.67. The lowest BCUT2D eigenvalue weighted by molar-refractivity contribution is -0.119. The number of amides is 2. The number of ether oxygens (including phenoxy) is 1. The van der Waals surface area contributed by atoms with E-state index in [1.54, 1.807) is 18.2 Å². The summed E-state index contributed by atoms with van der Waals surface area (Å²) < 4.78 is 9.57. The molecule has 0 aliphatic heterocycles. The fraction of sp³-hybridized carbons (Fsp3) is 0.133. The lowest BCUT2D eigenvalue weighted by atomic mass is 10.2. The Balaban J connectivity index is 1.89. The van der Waals surface area contributed by atoms with Crippen LogP contribution >= 0.6 is 0 Å². The van der Waals surface area contributed by atoms with Crippen LogP contribution in [0.1, 0.15) is 20.7 Å². The van der Waals surface area contributed by atoms with Gasteiger partial charge in [0, 0.05) is 18.3 Å². The molecule has 7 heteroatoms. The number of esters is 1. The fourth-order valence-corrected chi connectivity index (χ4v) is 1.67. The first-order valence-corrected chi connectivity index (χ1v) is 6.41. The number of anilines is 1. The lowest BCUT2D eigenvalue weighted by Gasteiger charge is -2.07. The van der Waals surface area contributed by atoms with Gasteiger partial charge >= 0.3 is 5.97 Å². The zero-order chi connectivity index (χ0) is 15.9. The Hall–Kier alpha value is -3.09. The number of carbonyl (C=O) groups is 3. The molecule has 0 spiro atoms. The largest absolute Gasteiger partial charge is 0.472 e. The third-order valence-electron chi connectivity index (χ3n) is 2.73. The van der Waals surface area contributed by atoms with Gasteiger partial charge in [-0.25, -0.2) is 4.79 Å². The second-order valence-corrected chi connectivity index (χ2v) is 4.30. The topological polar surface area (TPSA) is 97.6 Å². The Morgan fingerprint density at radius 3 is 2.68 bits per heavy atom. The van der Waals surface area contributed by atoms with E-state index in [0.717, 1.165) is 0 Å². The van der Waals surface area contributed by atoms with Crippen molar-refractivity contribution >= 4 is 23.5 Å². The van der Waals surface area contributed by atoms with E-state index in [2.05, 4.69) is 10.6 Å². The number of benzene rings is 1. The number of carbonyl (C=O) groups excluding carboxylic acids is 3. The van der Waals surface area contributed by atoms with Gasteiger partial charge in [0.25, 0.3) is 11.8 Å². The Morgan fingerprint density at radius 2 is 2.00 bits per heavy atom. The molecule has 0 atom stereocenters. The molecule has 0 bridgehead atoms. The van der Waals surface area contributed by atoms with E-state index in [9.17, 15) is 14.4 Å². The van der Waals surface area contributed by atoms with Gasteiger partial charge < -0.3 is 19.8 Å². The number of nitrogens with one attached hydrogen (secondary N) is 2. The first kappa shape index (κ1) is 15.3. The lowest BCUT2D eigenvalue weighted by Crippen LogP contribution is -2.21. The summed E-state index contributed by atoms with van der Waals surface area (Å²) in [6.45, 7) is -0.436. The third-order valence-corrected chi connectivity index (χ3v) is 2.73. The van der Waals surface area contributed by atoms with Gasteiger partial charge in [0.05, 0.1) is 11.8 Å². The standard InChI is InChI=1S/C15H14N2O5/c1-16-14(19)10-3-2-4-12(7-10)17-13(18)9-22-15(20)11-5-6-21-8-11/h2-8H,9H2,1H3,(H,16,19)(H,17,18). The summed E-state index contributed by atoms with van der Waals surface area (Å²) in [5.41, 5.74) is 1.08. The van der Waals surface area contributed by atoms with E-state index >= 15 is 0 Å². The molecule has 2 aromatic rings. The van der Waals surface area contributed by atoms with Crippen LogP contribution in [0.5, 0.6) is 0 Å². The molecule has 2 N–H and O–H groups in total. The Morgan fingerprint density at radius 1 is 1.18 bits per heavy atom. The van der Waals surface area contributed by atoms with Crippen molar-refractivity contribution in [3.63, 3.8) is 0 Å². The van der Waals surface area contributed by atoms with Gasteiger partial charge in [0.2, 0.25) is 0 Å². The van der Waals surface area contributed by atoms with Gasteiger partial charge in [-0.1, -0.05) is 6.07 Å². The van der Waals surface area contributed by atoms with Crippen molar-refractivity contribution in [1.82, 2.24) is 5.32 Å². The predicted octanol–water partition coefficient (Wildman–Crippen LogP) is 1.43. The van der Waals surface area contributed by atoms with E-state index in [0.29, 0.717) is 11.3 Å². The average molecular weight is 302 g/mol. The second-order valence-electron chi connectivity index (χ2n) is 4.30. The van der Waals surface area contributed by atoms with Crippen molar-refractivity contribution in [2.75, 3.05) is 19.0 Å². The molecule has 0 saturated heterocycles. The Kier molecular flexibility index (Phi) is 4.92. The number of hydrogen-bond donors (Lipinski definition) is 2. The van der Waals surface area contributed by atoms with Crippen molar-refractivity contribution in [2.24, 2.45) is 0 Å². The van der Waals surface area contributed by atoms with Crippen LogP contribution in [0.3, 0.4) is 0 Å². The maximum atomic E-state index is 11.7. The molecule has 0 radical (unpaired) electrons. The van der Waals surface area contributed by atoms with Gasteiger partial charge in [-0.05, 0) is 24.3 Å². The molecule has 0 saturated carbocycles. The second kappa shape index (κ2) is 7.07. The smallest absolute Gasteiger partial charge is 0.341 e. The molecule has 22 heavy (non-hydrogen) atoms. The molecule has 2 amide bonds. The van der Waals surface area contributed by atoms with E-state index in [1.807, 2.05) is 0 Å². The highest BCUT2D eigenvalue weighted by Gasteiger charge is 2.12. The first-order valence-electron chi connectivity index (χ1n) is 6.41. The van der Waals surface area contributed by atoms with Crippen molar-refractivity contribution < 1.29 is 23.5 Å². The number of hydrogen-bond acceptors (Lipinski definition) is 5. The summed E-state index contributed by atoms with van der Waals surface area (Å²) in [6, 6.07) is 7.84. The molecule has 0 unspecified atom stereocenters.